The number of hydrogen-bond acceptors (Lipinski definition) is 5. The van der Waals surface area contributed by atoms with E-state index in [4.69, 9.17) is 4.98 Å². The van der Waals surface area contributed by atoms with Crippen LogP contribution in [0.25, 0.3) is 10.2 Å². The number of thiophene rings is 1. The molecule has 0 amide bonds. The van der Waals surface area contributed by atoms with Crippen molar-refractivity contribution in [1.82, 2.24) is 9.97 Å². The van der Waals surface area contributed by atoms with Gasteiger partial charge in [-0.2, -0.15) is 4.98 Å². The molecular weight excluding hydrogens is 256 g/mol. The van der Waals surface area contributed by atoms with E-state index in [1.54, 1.807) is 11.3 Å². The van der Waals surface area contributed by atoms with Crippen molar-refractivity contribution < 1.29 is 0 Å². The van der Waals surface area contributed by atoms with Crippen molar-refractivity contribution in [3.8, 4) is 0 Å². The normalized spacial score (nSPS) is 15.5. The molecule has 5 heteroatoms. The lowest BCUT2D eigenvalue weighted by molar-refractivity contribution is 0.400. The third-order valence-corrected chi connectivity index (χ3v) is 4.73. The van der Waals surface area contributed by atoms with Crippen LogP contribution >= 0.6 is 11.3 Å². The molecule has 0 radical (unpaired) electrons. The van der Waals surface area contributed by atoms with Crippen LogP contribution in [-0.4, -0.2) is 29.6 Å². The number of rotatable bonds is 4. The monoisotopic (exact) mass is 276 g/mol. The Morgan fingerprint density at radius 1 is 1.42 bits per heavy atom. The molecule has 1 fully saturated rings. The van der Waals surface area contributed by atoms with E-state index >= 15 is 0 Å². The zero-order valence-electron chi connectivity index (χ0n) is 11.7. The van der Waals surface area contributed by atoms with Gasteiger partial charge in [-0.25, -0.2) is 4.98 Å². The summed E-state index contributed by atoms with van der Waals surface area (Å²) in [5, 5.41) is 4.43. The van der Waals surface area contributed by atoms with E-state index < -0.39 is 0 Å². The molecule has 102 valence electrons. The van der Waals surface area contributed by atoms with Crippen molar-refractivity contribution >= 4 is 33.3 Å². The summed E-state index contributed by atoms with van der Waals surface area (Å²) in [7, 11) is 2.16. The van der Waals surface area contributed by atoms with Gasteiger partial charge in [0.05, 0.1) is 5.39 Å². The number of fused-ring (bicyclic) bond motifs is 1. The highest BCUT2D eigenvalue weighted by molar-refractivity contribution is 7.18. The summed E-state index contributed by atoms with van der Waals surface area (Å²) in [4.78, 5) is 14.0. The number of nitrogens with zero attached hydrogens (tertiary/aromatic N) is 3. The van der Waals surface area contributed by atoms with Gasteiger partial charge in [-0.3, -0.25) is 0 Å². The van der Waals surface area contributed by atoms with Gasteiger partial charge in [0.2, 0.25) is 5.95 Å². The van der Waals surface area contributed by atoms with Crippen molar-refractivity contribution in [3.05, 3.63) is 10.9 Å². The molecule has 0 saturated heterocycles. The third-order valence-electron chi connectivity index (χ3n) is 3.79. The molecule has 2 aromatic rings. The minimum absolute atomic E-state index is 0.646. The summed E-state index contributed by atoms with van der Waals surface area (Å²) in [5.41, 5.74) is 0. The maximum absolute atomic E-state index is 4.72. The number of aromatic nitrogens is 2. The molecule has 1 saturated carbocycles. The summed E-state index contributed by atoms with van der Waals surface area (Å²) < 4.78 is 0. The molecule has 0 aliphatic heterocycles. The maximum Gasteiger partial charge on any atom is 0.226 e. The molecule has 0 bridgehead atoms. The predicted octanol–water partition coefficient (Wildman–Crippen LogP) is 3.42. The number of nitrogens with one attached hydrogen (secondary N) is 1. The van der Waals surface area contributed by atoms with Crippen molar-refractivity contribution in [2.45, 2.75) is 39.2 Å². The van der Waals surface area contributed by atoms with E-state index in [1.165, 1.54) is 29.5 Å². The largest absolute Gasteiger partial charge is 0.356 e. The van der Waals surface area contributed by atoms with Gasteiger partial charge >= 0.3 is 0 Å². The van der Waals surface area contributed by atoms with E-state index in [1.807, 2.05) is 0 Å². The number of aryl methyl sites for hydroxylation is 1. The van der Waals surface area contributed by atoms with E-state index in [9.17, 15) is 0 Å². The summed E-state index contributed by atoms with van der Waals surface area (Å²) in [6.45, 7) is 5.05. The molecule has 0 atom stereocenters. The van der Waals surface area contributed by atoms with E-state index in [-0.39, 0.29) is 0 Å². The second-order valence-electron chi connectivity index (χ2n) is 5.17. The van der Waals surface area contributed by atoms with Gasteiger partial charge in [-0.1, -0.05) is 0 Å². The van der Waals surface area contributed by atoms with Crippen LogP contribution < -0.4 is 10.2 Å². The van der Waals surface area contributed by atoms with Crippen molar-refractivity contribution in [3.63, 3.8) is 0 Å². The molecule has 0 unspecified atom stereocenters. The minimum Gasteiger partial charge on any atom is -0.356 e. The molecule has 1 aliphatic carbocycles. The molecule has 1 aliphatic rings. The lowest BCUT2D eigenvalue weighted by Gasteiger charge is -2.35. The van der Waals surface area contributed by atoms with Crippen LogP contribution in [-0.2, 0) is 0 Å². The van der Waals surface area contributed by atoms with Crippen LogP contribution in [0.3, 0.4) is 0 Å². The third kappa shape index (κ3) is 2.27. The summed E-state index contributed by atoms with van der Waals surface area (Å²) in [5.74, 6) is 1.83. The zero-order valence-corrected chi connectivity index (χ0v) is 12.5. The van der Waals surface area contributed by atoms with E-state index in [0.717, 1.165) is 23.1 Å². The lowest BCUT2D eigenvalue weighted by atomic mass is 9.92. The molecule has 2 heterocycles. The quantitative estimate of drug-likeness (QED) is 0.929. The summed E-state index contributed by atoms with van der Waals surface area (Å²) in [6.07, 6.45) is 3.90. The first-order valence-electron chi connectivity index (χ1n) is 6.94. The lowest BCUT2D eigenvalue weighted by Crippen LogP contribution is -2.37. The maximum atomic E-state index is 4.72. The predicted molar refractivity (Wildman–Crippen MR) is 82.4 cm³/mol. The Hall–Kier alpha value is -1.36. The van der Waals surface area contributed by atoms with Crippen LogP contribution in [0.4, 0.5) is 11.8 Å². The Morgan fingerprint density at radius 3 is 2.84 bits per heavy atom. The van der Waals surface area contributed by atoms with E-state index in [0.29, 0.717) is 6.04 Å². The molecule has 0 aromatic carbocycles. The average molecular weight is 276 g/mol. The van der Waals surface area contributed by atoms with Gasteiger partial charge in [0.15, 0.2) is 0 Å². The second kappa shape index (κ2) is 4.96. The summed E-state index contributed by atoms with van der Waals surface area (Å²) >= 11 is 1.74. The fourth-order valence-corrected chi connectivity index (χ4v) is 3.35. The molecule has 0 spiro atoms. The van der Waals surface area contributed by atoms with Gasteiger partial charge in [0.25, 0.3) is 0 Å². The second-order valence-corrected chi connectivity index (χ2v) is 6.41. The number of anilines is 2. The minimum atomic E-state index is 0.646. The van der Waals surface area contributed by atoms with Crippen molar-refractivity contribution in [2.75, 3.05) is 23.8 Å². The Morgan fingerprint density at radius 2 is 2.21 bits per heavy atom. The Kier molecular flexibility index (Phi) is 3.31. The Balaban J connectivity index is 2.08. The Labute approximate surface area is 117 Å². The van der Waals surface area contributed by atoms with Crippen LogP contribution in [0.15, 0.2) is 6.07 Å². The first-order valence-corrected chi connectivity index (χ1v) is 7.75. The Bertz CT molecular complexity index is 588. The van der Waals surface area contributed by atoms with Crippen LogP contribution in [0.5, 0.6) is 0 Å². The zero-order chi connectivity index (χ0) is 13.4. The average Bonchev–Trinajstić information content (AvgIpc) is 2.66. The summed E-state index contributed by atoms with van der Waals surface area (Å²) in [6, 6.07) is 2.85. The van der Waals surface area contributed by atoms with Crippen LogP contribution in [0.1, 0.15) is 31.1 Å². The van der Waals surface area contributed by atoms with Gasteiger partial charge in [0, 0.05) is 24.5 Å². The first-order chi connectivity index (χ1) is 9.19. The van der Waals surface area contributed by atoms with Gasteiger partial charge in [-0.15, -0.1) is 11.3 Å². The van der Waals surface area contributed by atoms with Gasteiger partial charge in [0.1, 0.15) is 10.6 Å². The highest BCUT2D eigenvalue weighted by atomic mass is 32.1. The molecule has 19 heavy (non-hydrogen) atoms. The first kappa shape index (κ1) is 12.7. The fourth-order valence-electron chi connectivity index (χ4n) is 2.48. The highest BCUT2D eigenvalue weighted by Gasteiger charge is 2.25. The molecule has 3 rings (SSSR count). The SMILES string of the molecule is CCNc1nc(N(C)C2CCC2)c2cc(C)sc2n1. The molecule has 4 nitrogen and oxygen atoms in total. The standard InChI is InChI=1S/C14H20N4S/c1-4-15-14-16-12(18(3)10-6-5-7-10)11-8-9(2)19-13(11)17-14/h8,10H,4-7H2,1-3H3,(H,15,16,17). The highest BCUT2D eigenvalue weighted by Crippen LogP contribution is 2.35. The van der Waals surface area contributed by atoms with Crippen LogP contribution in [0.2, 0.25) is 0 Å². The molecule has 2 aromatic heterocycles. The molecular formula is C14H20N4S. The van der Waals surface area contributed by atoms with Crippen molar-refractivity contribution in [2.24, 2.45) is 0 Å². The smallest absolute Gasteiger partial charge is 0.226 e. The topological polar surface area (TPSA) is 41.1 Å². The van der Waals surface area contributed by atoms with Crippen LogP contribution in [0, 0.1) is 6.92 Å². The van der Waals surface area contributed by atoms with Crippen molar-refractivity contribution in [1.29, 1.82) is 0 Å². The molecule has 1 N–H and O–H groups in total. The van der Waals surface area contributed by atoms with E-state index in [2.05, 4.69) is 42.2 Å². The van der Waals surface area contributed by atoms with Gasteiger partial charge in [-0.05, 0) is 39.2 Å². The van der Waals surface area contributed by atoms with Gasteiger partial charge < -0.3 is 10.2 Å². The fraction of sp³-hybridized carbons (Fsp3) is 0.571. The number of hydrogen-bond donors (Lipinski definition) is 1.